The molecular formula is C21H24F3N5O3. The van der Waals surface area contributed by atoms with Crippen LogP contribution in [0.25, 0.3) is 0 Å². The van der Waals surface area contributed by atoms with Crippen molar-refractivity contribution in [3.8, 4) is 0 Å². The van der Waals surface area contributed by atoms with Gasteiger partial charge < -0.3 is 14.9 Å². The SMILES string of the molecule is Cc1ccc(N2CCC3(CCC(=O)N3Cc3cccnc3)CC2)nn1.O=C(O)C(F)(F)F. The summed E-state index contributed by atoms with van der Waals surface area (Å²) in [7, 11) is 0. The van der Waals surface area contributed by atoms with Crippen LogP contribution < -0.4 is 4.90 Å². The van der Waals surface area contributed by atoms with Crippen LogP contribution in [0.15, 0.2) is 36.7 Å². The molecule has 4 heterocycles. The number of alkyl halides is 3. The predicted octanol–water partition coefficient (Wildman–Crippen LogP) is 2.97. The van der Waals surface area contributed by atoms with Crippen LogP contribution >= 0.6 is 0 Å². The van der Waals surface area contributed by atoms with Gasteiger partial charge in [-0.1, -0.05) is 6.07 Å². The monoisotopic (exact) mass is 451 g/mol. The van der Waals surface area contributed by atoms with Crippen molar-refractivity contribution in [3.63, 3.8) is 0 Å². The fourth-order valence-electron chi connectivity index (χ4n) is 4.04. The number of carbonyl (C=O) groups excluding carboxylic acids is 1. The molecule has 0 unspecified atom stereocenters. The van der Waals surface area contributed by atoms with Crippen molar-refractivity contribution in [2.75, 3.05) is 18.0 Å². The van der Waals surface area contributed by atoms with E-state index in [4.69, 9.17) is 9.90 Å². The minimum Gasteiger partial charge on any atom is -0.475 e. The molecule has 1 amide bonds. The standard InChI is InChI=1S/C19H23N5O.C2HF3O2/c1-15-4-5-17(22-21-15)23-11-8-19(9-12-23)7-6-18(25)24(19)14-16-3-2-10-20-13-16;3-2(4,5)1(6)7/h2-5,10,13H,6-9,11-12,14H2,1H3;(H,6,7). The number of carboxylic acid groups (broad SMARTS) is 1. The van der Waals surface area contributed by atoms with E-state index < -0.39 is 12.1 Å². The fraction of sp³-hybridized carbons (Fsp3) is 0.476. The van der Waals surface area contributed by atoms with E-state index in [1.165, 1.54) is 0 Å². The number of likely N-dealkylation sites (tertiary alicyclic amines) is 1. The number of rotatable bonds is 3. The van der Waals surface area contributed by atoms with E-state index >= 15 is 0 Å². The Balaban J connectivity index is 0.000000360. The molecule has 11 heteroatoms. The number of anilines is 1. The molecule has 0 saturated carbocycles. The lowest BCUT2D eigenvalue weighted by Crippen LogP contribution is -2.53. The minimum absolute atomic E-state index is 0.0124. The summed E-state index contributed by atoms with van der Waals surface area (Å²) in [5, 5.41) is 15.6. The second-order valence-electron chi connectivity index (χ2n) is 7.89. The summed E-state index contributed by atoms with van der Waals surface area (Å²) in [4.78, 5) is 30.0. The molecule has 32 heavy (non-hydrogen) atoms. The fourth-order valence-corrected chi connectivity index (χ4v) is 4.04. The first kappa shape index (κ1) is 23.4. The first-order valence-corrected chi connectivity index (χ1v) is 10.2. The van der Waals surface area contributed by atoms with Crippen LogP contribution in [0.2, 0.25) is 0 Å². The summed E-state index contributed by atoms with van der Waals surface area (Å²) in [6.45, 7) is 4.43. The summed E-state index contributed by atoms with van der Waals surface area (Å²) >= 11 is 0. The summed E-state index contributed by atoms with van der Waals surface area (Å²) in [6.07, 6.45) is 2.12. The molecule has 0 aromatic carbocycles. The van der Waals surface area contributed by atoms with Crippen molar-refractivity contribution in [1.29, 1.82) is 0 Å². The molecule has 1 N–H and O–H groups in total. The van der Waals surface area contributed by atoms with Gasteiger partial charge in [-0.2, -0.15) is 18.3 Å². The maximum atomic E-state index is 12.5. The Hall–Kier alpha value is -3.24. The van der Waals surface area contributed by atoms with E-state index in [1.807, 2.05) is 37.4 Å². The predicted molar refractivity (Wildman–Crippen MR) is 109 cm³/mol. The van der Waals surface area contributed by atoms with Gasteiger partial charge in [-0.25, -0.2) is 4.79 Å². The Kier molecular flexibility index (Phi) is 6.95. The maximum absolute atomic E-state index is 12.5. The average Bonchev–Trinajstić information content (AvgIpc) is 3.05. The number of hydrogen-bond acceptors (Lipinski definition) is 6. The highest BCUT2D eigenvalue weighted by Gasteiger charge is 2.46. The largest absolute Gasteiger partial charge is 0.490 e. The Labute approximate surface area is 183 Å². The van der Waals surface area contributed by atoms with Gasteiger partial charge in [-0.15, -0.1) is 5.10 Å². The molecule has 0 atom stereocenters. The first-order valence-electron chi connectivity index (χ1n) is 10.2. The van der Waals surface area contributed by atoms with Crippen LogP contribution in [-0.4, -0.2) is 61.9 Å². The summed E-state index contributed by atoms with van der Waals surface area (Å²) in [5.74, 6) is -1.55. The molecule has 2 aliphatic heterocycles. The van der Waals surface area contributed by atoms with Crippen LogP contribution in [0.5, 0.6) is 0 Å². The molecule has 4 rings (SSSR count). The zero-order chi connectivity index (χ0) is 23.4. The molecule has 2 aromatic rings. The van der Waals surface area contributed by atoms with Crippen molar-refractivity contribution < 1.29 is 27.9 Å². The lowest BCUT2D eigenvalue weighted by molar-refractivity contribution is -0.192. The number of amides is 1. The molecule has 2 saturated heterocycles. The van der Waals surface area contributed by atoms with E-state index in [1.54, 1.807) is 6.20 Å². The molecule has 0 bridgehead atoms. The highest BCUT2D eigenvalue weighted by Crippen LogP contribution is 2.40. The molecule has 2 aliphatic rings. The van der Waals surface area contributed by atoms with E-state index in [9.17, 15) is 18.0 Å². The number of aliphatic carboxylic acids is 1. The van der Waals surface area contributed by atoms with Gasteiger partial charge in [-0.3, -0.25) is 9.78 Å². The second-order valence-corrected chi connectivity index (χ2v) is 7.89. The van der Waals surface area contributed by atoms with E-state index in [0.717, 1.165) is 49.4 Å². The number of aromatic nitrogens is 3. The zero-order valence-corrected chi connectivity index (χ0v) is 17.5. The number of hydrogen-bond donors (Lipinski definition) is 1. The smallest absolute Gasteiger partial charge is 0.475 e. The van der Waals surface area contributed by atoms with E-state index in [0.29, 0.717) is 13.0 Å². The second kappa shape index (κ2) is 9.49. The third-order valence-corrected chi connectivity index (χ3v) is 5.79. The third kappa shape index (κ3) is 5.51. The molecule has 1 spiro atoms. The number of nitrogens with zero attached hydrogens (tertiary/aromatic N) is 5. The topological polar surface area (TPSA) is 99.5 Å². The highest BCUT2D eigenvalue weighted by atomic mass is 19.4. The molecule has 8 nitrogen and oxygen atoms in total. The first-order chi connectivity index (χ1) is 15.1. The quantitative estimate of drug-likeness (QED) is 0.766. The van der Waals surface area contributed by atoms with Crippen LogP contribution in [-0.2, 0) is 16.1 Å². The molecule has 172 valence electrons. The number of pyridine rings is 1. The van der Waals surface area contributed by atoms with Crippen LogP contribution in [0.1, 0.15) is 36.9 Å². The minimum atomic E-state index is -5.08. The lowest BCUT2D eigenvalue weighted by atomic mass is 9.84. The highest BCUT2D eigenvalue weighted by molar-refractivity contribution is 5.79. The molecule has 2 aromatic heterocycles. The molecule has 0 aliphatic carbocycles. The van der Waals surface area contributed by atoms with E-state index in [-0.39, 0.29) is 11.4 Å². The average molecular weight is 451 g/mol. The number of carboxylic acids is 1. The Bertz CT molecular complexity index is 930. The van der Waals surface area contributed by atoms with Gasteiger partial charge in [0.1, 0.15) is 0 Å². The third-order valence-electron chi connectivity index (χ3n) is 5.79. The Morgan fingerprint density at radius 3 is 2.38 bits per heavy atom. The maximum Gasteiger partial charge on any atom is 0.490 e. The summed E-state index contributed by atoms with van der Waals surface area (Å²) in [5.41, 5.74) is 2.02. The van der Waals surface area contributed by atoms with Gasteiger partial charge in [0, 0.05) is 44.0 Å². The number of piperidine rings is 1. The Morgan fingerprint density at radius 1 is 1.16 bits per heavy atom. The van der Waals surface area contributed by atoms with Gasteiger partial charge in [0.2, 0.25) is 5.91 Å². The molecule has 2 fully saturated rings. The molecule has 0 radical (unpaired) electrons. The van der Waals surface area contributed by atoms with Crippen LogP contribution in [0.4, 0.5) is 19.0 Å². The lowest BCUT2D eigenvalue weighted by Gasteiger charge is -2.45. The van der Waals surface area contributed by atoms with Gasteiger partial charge in [0.25, 0.3) is 0 Å². The summed E-state index contributed by atoms with van der Waals surface area (Å²) in [6, 6.07) is 8.01. The van der Waals surface area contributed by atoms with E-state index in [2.05, 4.69) is 25.0 Å². The number of aryl methyl sites for hydroxylation is 1. The van der Waals surface area contributed by atoms with Crippen molar-refractivity contribution in [2.45, 2.75) is 50.9 Å². The van der Waals surface area contributed by atoms with Crippen molar-refractivity contribution in [1.82, 2.24) is 20.1 Å². The zero-order valence-electron chi connectivity index (χ0n) is 17.5. The van der Waals surface area contributed by atoms with Crippen molar-refractivity contribution >= 4 is 17.7 Å². The summed E-state index contributed by atoms with van der Waals surface area (Å²) < 4.78 is 31.7. The van der Waals surface area contributed by atoms with Crippen molar-refractivity contribution in [2.24, 2.45) is 0 Å². The Morgan fingerprint density at radius 2 is 1.84 bits per heavy atom. The van der Waals surface area contributed by atoms with Gasteiger partial charge in [-0.05, 0) is 49.9 Å². The van der Waals surface area contributed by atoms with Crippen molar-refractivity contribution in [3.05, 3.63) is 47.9 Å². The van der Waals surface area contributed by atoms with Crippen LogP contribution in [0.3, 0.4) is 0 Å². The number of carbonyl (C=O) groups is 2. The molecular weight excluding hydrogens is 427 g/mol. The number of halogens is 3. The van der Waals surface area contributed by atoms with Crippen LogP contribution in [0, 0.1) is 6.92 Å². The normalized spacial score (nSPS) is 17.8. The van der Waals surface area contributed by atoms with Gasteiger partial charge in [0.05, 0.1) is 5.69 Å². The van der Waals surface area contributed by atoms with Gasteiger partial charge >= 0.3 is 12.1 Å². The van der Waals surface area contributed by atoms with Gasteiger partial charge in [0.15, 0.2) is 5.82 Å².